The Morgan fingerprint density at radius 3 is 2.62 bits per heavy atom. The maximum absolute atomic E-state index is 11.7. The number of hydrogen-bond acceptors (Lipinski definition) is 8. The molecule has 0 aromatic carbocycles. The first kappa shape index (κ1) is 15.1. The average Bonchev–Trinajstić information content (AvgIpc) is 2.52. The second kappa shape index (κ2) is 6.42. The highest BCUT2D eigenvalue weighted by molar-refractivity contribution is 5.91. The SMILES string of the molecule is COC(=O)c1cc(C2C=CCC(O)O2)c(C(=O)OC)nn1. The normalized spacial score (nSPS) is 20.9. The van der Waals surface area contributed by atoms with Crippen LogP contribution in [0.5, 0.6) is 0 Å². The predicted octanol–water partition coefficient (Wildman–Crippen LogP) is 0.386. The van der Waals surface area contributed by atoms with Crippen LogP contribution >= 0.6 is 0 Å². The number of ether oxygens (including phenoxy) is 3. The van der Waals surface area contributed by atoms with Gasteiger partial charge < -0.3 is 19.3 Å². The lowest BCUT2D eigenvalue weighted by atomic mass is 10.0. The van der Waals surface area contributed by atoms with Crippen molar-refractivity contribution in [3.8, 4) is 0 Å². The summed E-state index contributed by atoms with van der Waals surface area (Å²) in [6, 6.07) is 1.33. The van der Waals surface area contributed by atoms with E-state index in [-0.39, 0.29) is 17.0 Å². The summed E-state index contributed by atoms with van der Waals surface area (Å²) >= 11 is 0. The van der Waals surface area contributed by atoms with Crippen molar-refractivity contribution in [1.29, 1.82) is 0 Å². The van der Waals surface area contributed by atoms with Crippen LogP contribution in [0.15, 0.2) is 18.2 Å². The molecule has 112 valence electrons. The molecular formula is C13H14N2O6. The molecule has 2 unspecified atom stereocenters. The molecule has 2 rings (SSSR count). The summed E-state index contributed by atoms with van der Waals surface area (Å²) < 4.78 is 14.5. The zero-order valence-electron chi connectivity index (χ0n) is 11.5. The Morgan fingerprint density at radius 2 is 2.00 bits per heavy atom. The third-order valence-electron chi connectivity index (χ3n) is 2.86. The van der Waals surface area contributed by atoms with Gasteiger partial charge in [0.1, 0.15) is 6.10 Å². The Kier molecular flexibility index (Phi) is 4.61. The highest BCUT2D eigenvalue weighted by Crippen LogP contribution is 2.27. The van der Waals surface area contributed by atoms with E-state index in [1.807, 2.05) is 0 Å². The molecule has 1 aliphatic rings. The smallest absolute Gasteiger partial charge is 0.358 e. The number of carbonyl (C=O) groups excluding carboxylic acids is 2. The molecule has 1 aliphatic heterocycles. The van der Waals surface area contributed by atoms with Crippen LogP contribution in [0.2, 0.25) is 0 Å². The molecule has 8 heteroatoms. The fourth-order valence-electron chi connectivity index (χ4n) is 1.85. The van der Waals surface area contributed by atoms with Crippen LogP contribution < -0.4 is 0 Å². The summed E-state index contributed by atoms with van der Waals surface area (Å²) in [6.45, 7) is 0. The zero-order valence-corrected chi connectivity index (χ0v) is 11.5. The lowest BCUT2D eigenvalue weighted by Gasteiger charge is -2.23. The Morgan fingerprint density at radius 1 is 1.29 bits per heavy atom. The van der Waals surface area contributed by atoms with Gasteiger partial charge in [0.25, 0.3) is 0 Å². The van der Waals surface area contributed by atoms with E-state index in [2.05, 4.69) is 19.7 Å². The second-order valence-corrected chi connectivity index (χ2v) is 4.19. The second-order valence-electron chi connectivity index (χ2n) is 4.19. The van der Waals surface area contributed by atoms with Gasteiger partial charge in [0, 0.05) is 12.0 Å². The fourth-order valence-corrected chi connectivity index (χ4v) is 1.85. The van der Waals surface area contributed by atoms with Gasteiger partial charge in [-0.05, 0) is 6.07 Å². The van der Waals surface area contributed by atoms with Gasteiger partial charge in [0.05, 0.1) is 14.2 Å². The van der Waals surface area contributed by atoms with Crippen LogP contribution in [-0.4, -0.2) is 47.8 Å². The van der Waals surface area contributed by atoms with E-state index < -0.39 is 24.3 Å². The van der Waals surface area contributed by atoms with Gasteiger partial charge in [0.2, 0.25) is 0 Å². The molecule has 1 N–H and O–H groups in total. The summed E-state index contributed by atoms with van der Waals surface area (Å²) in [6.07, 6.45) is 1.96. The van der Waals surface area contributed by atoms with Crippen molar-refractivity contribution in [3.63, 3.8) is 0 Å². The molecule has 2 atom stereocenters. The minimum atomic E-state index is -1.000. The van der Waals surface area contributed by atoms with Gasteiger partial charge in [-0.25, -0.2) is 9.59 Å². The van der Waals surface area contributed by atoms with Crippen LogP contribution in [0.3, 0.4) is 0 Å². The van der Waals surface area contributed by atoms with Crippen molar-refractivity contribution < 1.29 is 28.9 Å². The van der Waals surface area contributed by atoms with Gasteiger partial charge in [0.15, 0.2) is 17.7 Å². The third kappa shape index (κ3) is 3.23. The van der Waals surface area contributed by atoms with Gasteiger partial charge in [-0.2, -0.15) is 0 Å². The van der Waals surface area contributed by atoms with Crippen LogP contribution in [-0.2, 0) is 14.2 Å². The number of carbonyl (C=O) groups is 2. The van der Waals surface area contributed by atoms with Gasteiger partial charge in [-0.3, -0.25) is 0 Å². The lowest BCUT2D eigenvalue weighted by Crippen LogP contribution is -2.22. The summed E-state index contributed by atoms with van der Waals surface area (Å²) in [5, 5.41) is 16.9. The van der Waals surface area contributed by atoms with Crippen molar-refractivity contribution in [2.45, 2.75) is 18.8 Å². The highest BCUT2D eigenvalue weighted by Gasteiger charge is 2.26. The maximum atomic E-state index is 11.7. The van der Waals surface area contributed by atoms with E-state index in [1.54, 1.807) is 12.2 Å². The van der Waals surface area contributed by atoms with Crippen LogP contribution in [0.1, 0.15) is 39.1 Å². The number of rotatable bonds is 3. The first-order chi connectivity index (χ1) is 10.1. The Labute approximate surface area is 120 Å². The first-order valence-corrected chi connectivity index (χ1v) is 6.11. The molecule has 8 nitrogen and oxygen atoms in total. The number of esters is 2. The van der Waals surface area contributed by atoms with Crippen LogP contribution in [0, 0.1) is 0 Å². The number of methoxy groups -OCH3 is 2. The number of aliphatic hydroxyl groups is 1. The summed E-state index contributed by atoms with van der Waals surface area (Å²) in [5.74, 6) is -1.41. The lowest BCUT2D eigenvalue weighted by molar-refractivity contribution is -0.127. The van der Waals surface area contributed by atoms with Gasteiger partial charge in [-0.15, -0.1) is 10.2 Å². The van der Waals surface area contributed by atoms with E-state index in [0.717, 1.165) is 0 Å². The summed E-state index contributed by atoms with van der Waals surface area (Å²) in [5.41, 5.74) is 0.110. The van der Waals surface area contributed by atoms with Crippen molar-refractivity contribution in [3.05, 3.63) is 35.2 Å². The van der Waals surface area contributed by atoms with Crippen LogP contribution in [0.4, 0.5) is 0 Å². The van der Waals surface area contributed by atoms with E-state index in [1.165, 1.54) is 20.3 Å². The number of aliphatic hydroxyl groups excluding tert-OH is 1. The topological polar surface area (TPSA) is 108 Å². The van der Waals surface area contributed by atoms with Crippen LogP contribution in [0.25, 0.3) is 0 Å². The van der Waals surface area contributed by atoms with E-state index in [4.69, 9.17) is 4.74 Å². The van der Waals surface area contributed by atoms with Crippen molar-refractivity contribution >= 4 is 11.9 Å². The summed E-state index contributed by atoms with van der Waals surface area (Å²) in [4.78, 5) is 23.2. The molecule has 0 saturated heterocycles. The molecule has 0 aliphatic carbocycles. The van der Waals surface area contributed by atoms with E-state index in [0.29, 0.717) is 6.42 Å². The molecule has 0 fully saturated rings. The standard InChI is InChI=1S/C13H14N2O6/c1-19-12(17)8-6-7(9-4-3-5-10(16)21-9)11(15-14-8)13(18)20-2/h3-4,6,9-10,16H,5H2,1-2H3. The fraction of sp³-hybridized carbons (Fsp3) is 0.385. The first-order valence-electron chi connectivity index (χ1n) is 6.11. The molecule has 0 bridgehead atoms. The number of aromatic nitrogens is 2. The third-order valence-corrected chi connectivity index (χ3v) is 2.86. The summed E-state index contributed by atoms with van der Waals surface area (Å²) in [7, 11) is 2.41. The van der Waals surface area contributed by atoms with Gasteiger partial charge >= 0.3 is 11.9 Å². The van der Waals surface area contributed by atoms with E-state index >= 15 is 0 Å². The highest BCUT2D eigenvalue weighted by atomic mass is 16.6. The van der Waals surface area contributed by atoms with E-state index in [9.17, 15) is 14.7 Å². The number of nitrogens with zero attached hydrogens (tertiary/aromatic N) is 2. The molecule has 0 amide bonds. The minimum Gasteiger partial charge on any atom is -0.464 e. The predicted molar refractivity (Wildman–Crippen MR) is 68.3 cm³/mol. The number of hydrogen-bond donors (Lipinski definition) is 1. The minimum absolute atomic E-state index is 0.0720. The molecule has 1 aromatic rings. The Hall–Kier alpha value is -2.32. The monoisotopic (exact) mass is 294 g/mol. The largest absolute Gasteiger partial charge is 0.464 e. The van der Waals surface area contributed by atoms with Crippen molar-refractivity contribution in [2.24, 2.45) is 0 Å². The average molecular weight is 294 g/mol. The zero-order chi connectivity index (χ0) is 15.4. The molecule has 0 saturated carbocycles. The molecule has 0 spiro atoms. The molecular weight excluding hydrogens is 280 g/mol. The van der Waals surface area contributed by atoms with Gasteiger partial charge in [-0.1, -0.05) is 12.2 Å². The van der Waals surface area contributed by atoms with Crippen molar-refractivity contribution in [2.75, 3.05) is 14.2 Å². The molecule has 2 heterocycles. The maximum Gasteiger partial charge on any atom is 0.358 e. The quantitative estimate of drug-likeness (QED) is 0.630. The van der Waals surface area contributed by atoms with Crippen molar-refractivity contribution in [1.82, 2.24) is 10.2 Å². The molecule has 21 heavy (non-hydrogen) atoms. The molecule has 0 radical (unpaired) electrons. The molecule has 1 aromatic heterocycles. The Bertz CT molecular complexity index is 586. The Balaban J connectivity index is 2.47.